The summed E-state index contributed by atoms with van der Waals surface area (Å²) in [6.45, 7) is 8.28. The van der Waals surface area contributed by atoms with Gasteiger partial charge in [-0.2, -0.15) is 0 Å². The molecule has 1 aromatic rings. The van der Waals surface area contributed by atoms with Crippen molar-refractivity contribution in [3.8, 4) is 0 Å². The number of alkyl carbamates (subject to hydrolysis) is 1. The lowest BCUT2D eigenvalue weighted by atomic mass is 10.2. The van der Waals surface area contributed by atoms with E-state index >= 15 is 0 Å². The van der Waals surface area contributed by atoms with Gasteiger partial charge >= 0.3 is 12.2 Å². The van der Waals surface area contributed by atoms with E-state index in [-0.39, 0.29) is 12.6 Å². The van der Waals surface area contributed by atoms with Crippen molar-refractivity contribution >= 4 is 12.2 Å². The third-order valence-electron chi connectivity index (χ3n) is 3.15. The molecule has 1 aliphatic heterocycles. The van der Waals surface area contributed by atoms with Gasteiger partial charge in [0.25, 0.3) is 0 Å². The van der Waals surface area contributed by atoms with Gasteiger partial charge in [0.05, 0.1) is 25.3 Å². The van der Waals surface area contributed by atoms with Crippen LogP contribution in [0.15, 0.2) is 10.6 Å². The number of carbonyl (C=O) groups is 2. The SMILES string of the molecule is CCc1cc(CNC(=O)OC2CN(C(=O)OC(C)(C)C)C2)on1. The van der Waals surface area contributed by atoms with Gasteiger partial charge in [0.15, 0.2) is 5.76 Å². The average Bonchev–Trinajstić information content (AvgIpc) is 2.86. The molecule has 8 nitrogen and oxygen atoms in total. The Bertz CT molecular complexity index is 558. The summed E-state index contributed by atoms with van der Waals surface area (Å²) in [5.74, 6) is 0.572. The van der Waals surface area contributed by atoms with Gasteiger partial charge in [0.1, 0.15) is 11.7 Å². The number of likely N-dealkylation sites (tertiary alicyclic amines) is 1. The predicted molar refractivity (Wildman–Crippen MR) is 80.8 cm³/mol. The lowest BCUT2D eigenvalue weighted by Crippen LogP contribution is -2.57. The molecule has 0 aliphatic carbocycles. The fourth-order valence-electron chi connectivity index (χ4n) is 1.95. The van der Waals surface area contributed by atoms with Crippen molar-refractivity contribution in [1.82, 2.24) is 15.4 Å². The molecule has 1 fully saturated rings. The fourth-order valence-corrected chi connectivity index (χ4v) is 1.95. The number of aryl methyl sites for hydroxylation is 1. The molecule has 1 aromatic heterocycles. The highest BCUT2D eigenvalue weighted by Gasteiger charge is 2.36. The zero-order valence-electron chi connectivity index (χ0n) is 13.9. The first-order valence-electron chi connectivity index (χ1n) is 7.63. The zero-order valence-corrected chi connectivity index (χ0v) is 13.9. The van der Waals surface area contributed by atoms with Crippen molar-refractivity contribution in [2.45, 2.75) is 52.4 Å². The molecule has 1 N–H and O–H groups in total. The first-order chi connectivity index (χ1) is 10.8. The van der Waals surface area contributed by atoms with Crippen LogP contribution in [0.4, 0.5) is 9.59 Å². The van der Waals surface area contributed by atoms with Crippen LogP contribution in [-0.4, -0.2) is 47.0 Å². The molecule has 1 saturated heterocycles. The summed E-state index contributed by atoms with van der Waals surface area (Å²) < 4.78 is 15.5. The normalized spacial score (nSPS) is 15.0. The van der Waals surface area contributed by atoms with Crippen molar-refractivity contribution in [3.63, 3.8) is 0 Å². The maximum absolute atomic E-state index is 11.7. The maximum Gasteiger partial charge on any atom is 0.410 e. The second kappa shape index (κ2) is 6.89. The van der Waals surface area contributed by atoms with E-state index in [0.717, 1.165) is 12.1 Å². The van der Waals surface area contributed by atoms with Crippen molar-refractivity contribution < 1.29 is 23.6 Å². The van der Waals surface area contributed by atoms with E-state index in [2.05, 4.69) is 10.5 Å². The molecule has 0 saturated carbocycles. The Hall–Kier alpha value is -2.25. The highest BCUT2D eigenvalue weighted by Crippen LogP contribution is 2.17. The smallest absolute Gasteiger partial charge is 0.410 e. The number of aromatic nitrogens is 1. The topological polar surface area (TPSA) is 93.9 Å². The number of carbonyl (C=O) groups excluding carboxylic acids is 2. The number of hydrogen-bond donors (Lipinski definition) is 1. The highest BCUT2D eigenvalue weighted by atomic mass is 16.6. The number of hydrogen-bond acceptors (Lipinski definition) is 6. The Morgan fingerprint density at radius 1 is 1.43 bits per heavy atom. The Labute approximate surface area is 135 Å². The van der Waals surface area contributed by atoms with Crippen LogP contribution in [0, 0.1) is 0 Å². The van der Waals surface area contributed by atoms with Gasteiger partial charge in [-0.25, -0.2) is 9.59 Å². The molecule has 0 aromatic carbocycles. The van der Waals surface area contributed by atoms with Gasteiger partial charge in [0, 0.05) is 6.07 Å². The lowest BCUT2D eigenvalue weighted by molar-refractivity contribution is -0.0366. The van der Waals surface area contributed by atoms with E-state index in [1.165, 1.54) is 4.90 Å². The molecule has 0 atom stereocenters. The van der Waals surface area contributed by atoms with Crippen LogP contribution in [0.1, 0.15) is 39.1 Å². The molecule has 0 bridgehead atoms. The Morgan fingerprint density at radius 3 is 2.70 bits per heavy atom. The van der Waals surface area contributed by atoms with Crippen LogP contribution >= 0.6 is 0 Å². The van der Waals surface area contributed by atoms with Gasteiger partial charge in [-0.3, -0.25) is 0 Å². The molecular formula is C15H23N3O5. The minimum atomic E-state index is -0.548. The van der Waals surface area contributed by atoms with Gasteiger partial charge < -0.3 is 24.2 Å². The first-order valence-corrected chi connectivity index (χ1v) is 7.63. The second-order valence-electron chi connectivity index (χ2n) is 6.40. The van der Waals surface area contributed by atoms with Crippen LogP contribution in [0.2, 0.25) is 0 Å². The minimum absolute atomic E-state index is 0.217. The highest BCUT2D eigenvalue weighted by molar-refractivity contribution is 5.70. The first kappa shape index (κ1) is 17.1. The summed E-state index contributed by atoms with van der Waals surface area (Å²) in [6.07, 6.45) is -0.487. The Kier molecular flexibility index (Phi) is 5.12. The van der Waals surface area contributed by atoms with Crippen molar-refractivity contribution in [2.24, 2.45) is 0 Å². The molecule has 0 radical (unpaired) electrons. The van der Waals surface area contributed by atoms with Crippen LogP contribution in [0.5, 0.6) is 0 Å². The van der Waals surface area contributed by atoms with E-state index in [0.29, 0.717) is 18.8 Å². The number of amides is 2. The molecule has 128 valence electrons. The van der Waals surface area contributed by atoms with Gasteiger partial charge in [-0.15, -0.1) is 0 Å². The summed E-state index contributed by atoms with van der Waals surface area (Å²) in [7, 11) is 0. The van der Waals surface area contributed by atoms with Crippen LogP contribution in [0.25, 0.3) is 0 Å². The second-order valence-corrected chi connectivity index (χ2v) is 6.40. The molecule has 1 aliphatic rings. The Balaban J connectivity index is 1.65. The maximum atomic E-state index is 11.7. The van der Waals surface area contributed by atoms with E-state index in [1.54, 1.807) is 26.8 Å². The summed E-state index contributed by atoms with van der Waals surface area (Å²) in [6, 6.07) is 1.79. The summed E-state index contributed by atoms with van der Waals surface area (Å²) in [5, 5.41) is 6.42. The lowest BCUT2D eigenvalue weighted by Gasteiger charge is -2.38. The molecule has 2 heterocycles. The standard InChI is InChI=1S/C15H23N3O5/c1-5-10-6-11(23-17-10)7-16-13(19)21-12-8-18(9-12)14(20)22-15(2,3)4/h6,12H,5,7-9H2,1-4H3,(H,16,19). The molecule has 2 rings (SSSR count). The van der Waals surface area contributed by atoms with Crippen molar-refractivity contribution in [3.05, 3.63) is 17.5 Å². The fraction of sp³-hybridized carbons (Fsp3) is 0.667. The van der Waals surface area contributed by atoms with Crippen LogP contribution in [-0.2, 0) is 22.4 Å². The monoisotopic (exact) mass is 325 g/mol. The third-order valence-corrected chi connectivity index (χ3v) is 3.15. The van der Waals surface area contributed by atoms with E-state index < -0.39 is 17.8 Å². The molecule has 0 unspecified atom stereocenters. The van der Waals surface area contributed by atoms with Crippen LogP contribution in [0.3, 0.4) is 0 Å². The quantitative estimate of drug-likeness (QED) is 0.911. The zero-order chi connectivity index (χ0) is 17.0. The Morgan fingerprint density at radius 2 is 2.13 bits per heavy atom. The largest absolute Gasteiger partial charge is 0.444 e. The molecule has 23 heavy (non-hydrogen) atoms. The predicted octanol–water partition coefficient (Wildman–Crippen LogP) is 2.08. The summed E-state index contributed by atoms with van der Waals surface area (Å²) in [5.41, 5.74) is 0.302. The molecular weight excluding hydrogens is 302 g/mol. The van der Waals surface area contributed by atoms with Gasteiger partial charge in [-0.1, -0.05) is 12.1 Å². The van der Waals surface area contributed by atoms with Crippen molar-refractivity contribution in [1.29, 1.82) is 0 Å². The number of nitrogens with zero attached hydrogens (tertiary/aromatic N) is 2. The van der Waals surface area contributed by atoms with Gasteiger partial charge in [0.2, 0.25) is 0 Å². The van der Waals surface area contributed by atoms with E-state index in [4.69, 9.17) is 14.0 Å². The minimum Gasteiger partial charge on any atom is -0.444 e. The molecule has 8 heteroatoms. The van der Waals surface area contributed by atoms with Gasteiger partial charge in [-0.05, 0) is 27.2 Å². The summed E-state index contributed by atoms with van der Waals surface area (Å²) in [4.78, 5) is 24.9. The number of rotatable bonds is 4. The third kappa shape index (κ3) is 5.15. The van der Waals surface area contributed by atoms with Crippen molar-refractivity contribution in [2.75, 3.05) is 13.1 Å². The average molecular weight is 325 g/mol. The molecule has 2 amide bonds. The van der Waals surface area contributed by atoms with E-state index in [1.807, 2.05) is 6.92 Å². The summed E-state index contributed by atoms with van der Waals surface area (Å²) >= 11 is 0. The number of nitrogens with one attached hydrogen (secondary N) is 1. The van der Waals surface area contributed by atoms with E-state index in [9.17, 15) is 9.59 Å². The number of ether oxygens (including phenoxy) is 2. The molecule has 0 spiro atoms. The van der Waals surface area contributed by atoms with Crippen LogP contribution < -0.4 is 5.32 Å².